The van der Waals surface area contributed by atoms with Crippen molar-refractivity contribution in [3.63, 3.8) is 0 Å². The third-order valence-electron chi connectivity index (χ3n) is 4.42. The molecule has 5 heteroatoms. The summed E-state index contributed by atoms with van der Waals surface area (Å²) in [4.78, 5) is 14.4. The van der Waals surface area contributed by atoms with Gasteiger partial charge in [0, 0.05) is 24.7 Å². The fourth-order valence-corrected chi connectivity index (χ4v) is 3.22. The molecule has 22 heavy (non-hydrogen) atoms. The number of carbonyl (C=O) groups is 1. The summed E-state index contributed by atoms with van der Waals surface area (Å²) in [5, 5.41) is 7.02. The molecule has 2 atom stereocenters. The molecule has 1 aromatic carbocycles. The summed E-state index contributed by atoms with van der Waals surface area (Å²) < 4.78 is 0. The summed E-state index contributed by atoms with van der Waals surface area (Å²) >= 11 is 0. The lowest BCUT2D eigenvalue weighted by molar-refractivity contribution is -0.129. The van der Waals surface area contributed by atoms with E-state index in [4.69, 9.17) is 5.73 Å². The smallest absolute Gasteiger partial charge is 0.228 e. The van der Waals surface area contributed by atoms with Crippen LogP contribution in [-0.4, -0.2) is 40.6 Å². The molecule has 0 unspecified atom stereocenters. The zero-order valence-electron chi connectivity index (χ0n) is 12.8. The fraction of sp³-hybridized carbons (Fsp3) is 0.412. The van der Waals surface area contributed by atoms with Gasteiger partial charge in [-0.1, -0.05) is 30.3 Å². The summed E-state index contributed by atoms with van der Waals surface area (Å²) in [6.45, 7) is 4.02. The van der Waals surface area contributed by atoms with Crippen molar-refractivity contribution in [3.8, 4) is 0 Å². The summed E-state index contributed by atoms with van der Waals surface area (Å²) in [7, 11) is 0. The number of amides is 1. The van der Waals surface area contributed by atoms with E-state index in [0.717, 1.165) is 24.5 Å². The number of nitrogens with one attached hydrogen (secondary N) is 1. The minimum atomic E-state index is 0.128. The van der Waals surface area contributed by atoms with Gasteiger partial charge in [0.2, 0.25) is 5.91 Å². The number of aromatic amines is 1. The summed E-state index contributed by atoms with van der Waals surface area (Å²) in [6.07, 6.45) is 0.350. The Morgan fingerprint density at radius 2 is 2.14 bits per heavy atom. The predicted molar refractivity (Wildman–Crippen MR) is 85.3 cm³/mol. The van der Waals surface area contributed by atoms with Gasteiger partial charge in [-0.2, -0.15) is 5.10 Å². The van der Waals surface area contributed by atoms with Gasteiger partial charge >= 0.3 is 0 Å². The quantitative estimate of drug-likeness (QED) is 0.897. The second kappa shape index (κ2) is 6.32. The molecule has 0 radical (unpaired) electrons. The molecule has 2 heterocycles. The third-order valence-corrected chi connectivity index (χ3v) is 4.42. The van der Waals surface area contributed by atoms with Crippen molar-refractivity contribution in [2.24, 2.45) is 11.7 Å². The Labute approximate surface area is 130 Å². The topological polar surface area (TPSA) is 75.0 Å². The van der Waals surface area contributed by atoms with Gasteiger partial charge < -0.3 is 10.6 Å². The molecule has 0 spiro atoms. The maximum absolute atomic E-state index is 12.5. The molecule has 116 valence electrons. The SMILES string of the molecule is Cc1cc(CC(=O)N2C[C@@H](CN)[C@H](c3ccccc3)C2)n[nH]1. The zero-order chi connectivity index (χ0) is 15.5. The van der Waals surface area contributed by atoms with Crippen LogP contribution in [0.3, 0.4) is 0 Å². The lowest BCUT2D eigenvalue weighted by Crippen LogP contribution is -2.31. The van der Waals surface area contributed by atoms with Crippen LogP contribution in [-0.2, 0) is 11.2 Å². The first-order valence-corrected chi connectivity index (χ1v) is 7.71. The van der Waals surface area contributed by atoms with E-state index in [1.807, 2.05) is 36.1 Å². The second-order valence-electron chi connectivity index (χ2n) is 6.03. The van der Waals surface area contributed by atoms with E-state index in [9.17, 15) is 4.79 Å². The second-order valence-corrected chi connectivity index (χ2v) is 6.03. The molecular weight excluding hydrogens is 276 g/mol. The van der Waals surface area contributed by atoms with Gasteiger partial charge in [-0.3, -0.25) is 9.89 Å². The average Bonchev–Trinajstić information content (AvgIpc) is 3.14. The van der Waals surface area contributed by atoms with Gasteiger partial charge in [-0.15, -0.1) is 0 Å². The molecule has 1 aliphatic heterocycles. The standard InChI is InChI=1S/C17H22N4O/c1-12-7-15(20-19-12)8-17(22)21-10-14(9-18)16(11-21)13-5-3-2-4-6-13/h2-7,14,16H,8-11,18H2,1H3,(H,19,20)/t14-,16+/m1/s1. The van der Waals surface area contributed by atoms with Crippen molar-refractivity contribution >= 4 is 5.91 Å². The summed E-state index contributed by atoms with van der Waals surface area (Å²) in [5.41, 5.74) is 8.97. The molecule has 1 amide bonds. The van der Waals surface area contributed by atoms with Crippen molar-refractivity contribution in [1.29, 1.82) is 0 Å². The molecule has 3 N–H and O–H groups in total. The van der Waals surface area contributed by atoms with Gasteiger partial charge in [0.15, 0.2) is 0 Å². The van der Waals surface area contributed by atoms with Crippen molar-refractivity contribution < 1.29 is 4.79 Å². The molecule has 0 aliphatic carbocycles. The summed E-state index contributed by atoms with van der Waals surface area (Å²) in [5.74, 6) is 0.784. The molecule has 1 aromatic heterocycles. The molecular formula is C17H22N4O. The number of nitrogens with two attached hydrogens (primary N) is 1. The first-order chi connectivity index (χ1) is 10.7. The minimum Gasteiger partial charge on any atom is -0.341 e. The largest absolute Gasteiger partial charge is 0.341 e. The van der Waals surface area contributed by atoms with Gasteiger partial charge in [0.25, 0.3) is 0 Å². The summed E-state index contributed by atoms with van der Waals surface area (Å²) in [6, 6.07) is 12.3. The number of benzene rings is 1. The fourth-order valence-electron chi connectivity index (χ4n) is 3.22. The van der Waals surface area contributed by atoms with Gasteiger partial charge in [0.1, 0.15) is 0 Å². The van der Waals surface area contributed by atoms with Crippen molar-refractivity contribution in [2.45, 2.75) is 19.3 Å². The van der Waals surface area contributed by atoms with Crippen LogP contribution in [0.2, 0.25) is 0 Å². The highest BCUT2D eigenvalue weighted by Gasteiger charge is 2.35. The molecule has 1 fully saturated rings. The van der Waals surface area contributed by atoms with Crippen molar-refractivity contribution in [1.82, 2.24) is 15.1 Å². The normalized spacial score (nSPS) is 21.3. The lowest BCUT2D eigenvalue weighted by Gasteiger charge is -2.16. The molecule has 3 rings (SSSR count). The number of carbonyl (C=O) groups excluding carboxylic acids is 1. The van der Waals surface area contributed by atoms with E-state index in [1.165, 1.54) is 5.56 Å². The first kappa shape index (κ1) is 14.8. The Hall–Kier alpha value is -2.14. The number of aryl methyl sites for hydroxylation is 1. The first-order valence-electron chi connectivity index (χ1n) is 7.71. The highest BCUT2D eigenvalue weighted by molar-refractivity contribution is 5.78. The third kappa shape index (κ3) is 3.04. The van der Waals surface area contributed by atoms with Crippen LogP contribution >= 0.6 is 0 Å². The van der Waals surface area contributed by atoms with Gasteiger partial charge in [0.05, 0.1) is 12.1 Å². The van der Waals surface area contributed by atoms with Crippen LogP contribution in [0.15, 0.2) is 36.4 Å². The van der Waals surface area contributed by atoms with Crippen LogP contribution < -0.4 is 5.73 Å². The number of rotatable bonds is 4. The Bertz CT molecular complexity index is 637. The van der Waals surface area contributed by atoms with Crippen LogP contribution in [0.4, 0.5) is 0 Å². The van der Waals surface area contributed by atoms with E-state index in [0.29, 0.717) is 24.8 Å². The molecule has 1 aliphatic rings. The zero-order valence-corrected chi connectivity index (χ0v) is 12.8. The van der Waals surface area contributed by atoms with E-state index >= 15 is 0 Å². The molecule has 5 nitrogen and oxygen atoms in total. The van der Waals surface area contributed by atoms with Gasteiger partial charge in [-0.25, -0.2) is 0 Å². The average molecular weight is 298 g/mol. The van der Waals surface area contributed by atoms with Crippen molar-refractivity contribution in [2.75, 3.05) is 19.6 Å². The molecule has 0 bridgehead atoms. The highest BCUT2D eigenvalue weighted by atomic mass is 16.2. The van der Waals surface area contributed by atoms with E-state index in [2.05, 4.69) is 22.3 Å². The lowest BCUT2D eigenvalue weighted by atomic mass is 9.89. The molecule has 0 saturated carbocycles. The van der Waals surface area contributed by atoms with Crippen LogP contribution in [0.1, 0.15) is 22.9 Å². The number of hydrogen-bond donors (Lipinski definition) is 2. The minimum absolute atomic E-state index is 0.128. The number of likely N-dealkylation sites (tertiary alicyclic amines) is 1. The maximum atomic E-state index is 12.5. The monoisotopic (exact) mass is 298 g/mol. The molecule has 2 aromatic rings. The number of aromatic nitrogens is 2. The van der Waals surface area contributed by atoms with Crippen LogP contribution in [0.25, 0.3) is 0 Å². The maximum Gasteiger partial charge on any atom is 0.228 e. The molecule has 1 saturated heterocycles. The Morgan fingerprint density at radius 1 is 1.36 bits per heavy atom. The Morgan fingerprint density at radius 3 is 2.77 bits per heavy atom. The Balaban J connectivity index is 1.69. The number of H-pyrrole nitrogens is 1. The van der Waals surface area contributed by atoms with Crippen LogP contribution in [0, 0.1) is 12.8 Å². The van der Waals surface area contributed by atoms with E-state index in [1.54, 1.807) is 0 Å². The number of nitrogens with zero attached hydrogens (tertiary/aromatic N) is 2. The Kier molecular flexibility index (Phi) is 4.24. The van der Waals surface area contributed by atoms with Crippen molar-refractivity contribution in [3.05, 3.63) is 53.3 Å². The number of hydrogen-bond acceptors (Lipinski definition) is 3. The van der Waals surface area contributed by atoms with Gasteiger partial charge in [-0.05, 0) is 31.0 Å². The van der Waals surface area contributed by atoms with E-state index < -0.39 is 0 Å². The van der Waals surface area contributed by atoms with Crippen LogP contribution in [0.5, 0.6) is 0 Å². The predicted octanol–water partition coefficient (Wildman–Crippen LogP) is 1.46. The van der Waals surface area contributed by atoms with E-state index in [-0.39, 0.29) is 5.91 Å². The highest BCUT2D eigenvalue weighted by Crippen LogP contribution is 2.32.